The third kappa shape index (κ3) is 6.14. The highest BCUT2D eigenvalue weighted by Crippen LogP contribution is 2.66. The summed E-state index contributed by atoms with van der Waals surface area (Å²) in [5.41, 5.74) is -4.60. The minimum atomic E-state index is -2.15. The quantitative estimate of drug-likeness (QED) is 0.149. The Hall–Kier alpha value is -4.39. The SMILES string of the molecule is CC(=O)O[C@H]1C[C@]2(C)C1=C(C)[C@@H](OC(=O)CCc1ccccc1)C[C@@]2(O)[C@@H](OC(=O)c1ccccc1)C1[C@]2(OC(C)=O)COC2C[C@H](O)[C@@]1(C)C=O. The molecule has 1 aliphatic heterocycles. The summed E-state index contributed by atoms with van der Waals surface area (Å²) in [6, 6.07) is 17.5. The third-order valence-corrected chi connectivity index (χ3v) is 11.9. The maximum absolute atomic E-state index is 14.1. The molecule has 3 fully saturated rings. The van der Waals surface area contributed by atoms with E-state index in [4.69, 9.17) is 23.7 Å². The normalized spacial score (nSPS) is 35.3. The van der Waals surface area contributed by atoms with Crippen LogP contribution in [0.15, 0.2) is 71.8 Å². The summed E-state index contributed by atoms with van der Waals surface area (Å²) in [6.45, 7) is 7.26. The molecule has 6 rings (SSSR count). The smallest absolute Gasteiger partial charge is 0.338 e. The van der Waals surface area contributed by atoms with Crippen LogP contribution in [0.3, 0.4) is 0 Å². The number of hydrogen-bond acceptors (Lipinski definition) is 12. The number of rotatable bonds is 11. The fourth-order valence-electron chi connectivity index (χ4n) is 9.18. The molecule has 0 radical (unpaired) electrons. The van der Waals surface area contributed by atoms with Gasteiger partial charge < -0.3 is 38.7 Å². The molecule has 278 valence electrons. The van der Waals surface area contributed by atoms with Gasteiger partial charge in [0.2, 0.25) is 0 Å². The van der Waals surface area contributed by atoms with Gasteiger partial charge in [-0.05, 0) is 49.1 Å². The predicted molar refractivity (Wildman–Crippen MR) is 183 cm³/mol. The highest BCUT2D eigenvalue weighted by Gasteiger charge is 2.76. The maximum atomic E-state index is 14.1. The average molecular weight is 719 g/mol. The molecular weight excluding hydrogens is 672 g/mol. The van der Waals surface area contributed by atoms with Gasteiger partial charge in [-0.15, -0.1) is 0 Å². The molecule has 2 aromatic rings. The number of ether oxygens (including phenoxy) is 5. The van der Waals surface area contributed by atoms with Gasteiger partial charge in [0, 0.05) is 44.9 Å². The van der Waals surface area contributed by atoms with Crippen molar-refractivity contribution < 1.29 is 57.9 Å². The van der Waals surface area contributed by atoms with Crippen LogP contribution < -0.4 is 0 Å². The van der Waals surface area contributed by atoms with Crippen LogP contribution in [-0.4, -0.2) is 88.7 Å². The first-order chi connectivity index (χ1) is 24.6. The zero-order valence-corrected chi connectivity index (χ0v) is 30.0. The molecule has 10 atom stereocenters. The van der Waals surface area contributed by atoms with E-state index in [1.165, 1.54) is 32.9 Å². The lowest BCUT2D eigenvalue weighted by atomic mass is 9.44. The van der Waals surface area contributed by atoms with E-state index in [1.807, 2.05) is 30.3 Å². The van der Waals surface area contributed by atoms with Gasteiger partial charge in [-0.3, -0.25) is 14.4 Å². The molecule has 0 aromatic heterocycles. The number of aldehydes is 1. The van der Waals surface area contributed by atoms with Crippen molar-refractivity contribution in [3.8, 4) is 0 Å². The fourth-order valence-corrected chi connectivity index (χ4v) is 9.18. The maximum Gasteiger partial charge on any atom is 0.338 e. The number of carbonyl (C=O) groups excluding carboxylic acids is 5. The van der Waals surface area contributed by atoms with Crippen molar-refractivity contribution >= 4 is 30.2 Å². The lowest BCUT2D eigenvalue weighted by molar-refractivity contribution is -0.344. The largest absolute Gasteiger partial charge is 0.458 e. The van der Waals surface area contributed by atoms with Gasteiger partial charge in [0.15, 0.2) is 5.60 Å². The summed E-state index contributed by atoms with van der Waals surface area (Å²) < 4.78 is 30.0. The number of hydrogen-bond donors (Lipinski definition) is 2. The van der Waals surface area contributed by atoms with Crippen LogP contribution in [0.1, 0.15) is 76.2 Å². The van der Waals surface area contributed by atoms with Gasteiger partial charge in [-0.2, -0.15) is 0 Å². The molecule has 2 saturated carbocycles. The molecule has 2 aromatic carbocycles. The number of aliphatic hydroxyl groups is 2. The van der Waals surface area contributed by atoms with E-state index in [9.17, 15) is 34.2 Å². The Balaban J connectivity index is 1.49. The zero-order chi connectivity index (χ0) is 37.6. The minimum Gasteiger partial charge on any atom is -0.458 e. The second-order valence-electron chi connectivity index (χ2n) is 15.1. The van der Waals surface area contributed by atoms with Crippen molar-refractivity contribution in [2.24, 2.45) is 16.7 Å². The Morgan fingerprint density at radius 2 is 1.60 bits per heavy atom. The van der Waals surface area contributed by atoms with Crippen molar-refractivity contribution in [1.29, 1.82) is 0 Å². The van der Waals surface area contributed by atoms with Crippen LogP contribution in [0.5, 0.6) is 0 Å². The van der Waals surface area contributed by atoms with Crippen LogP contribution in [0.2, 0.25) is 0 Å². The Labute approximate surface area is 302 Å². The van der Waals surface area contributed by atoms with Gasteiger partial charge in [0.1, 0.15) is 36.3 Å². The second-order valence-corrected chi connectivity index (χ2v) is 15.1. The first-order valence-corrected chi connectivity index (χ1v) is 17.7. The van der Waals surface area contributed by atoms with Crippen LogP contribution in [0.25, 0.3) is 0 Å². The molecule has 12 heteroatoms. The molecule has 3 aliphatic carbocycles. The Kier molecular flexibility index (Phi) is 9.97. The van der Waals surface area contributed by atoms with Crippen molar-refractivity contribution in [3.05, 3.63) is 82.9 Å². The molecule has 1 saturated heterocycles. The number of carbonyl (C=O) groups is 5. The Bertz CT molecular complexity index is 1760. The first-order valence-electron chi connectivity index (χ1n) is 17.7. The average Bonchev–Trinajstić information content (AvgIpc) is 3.10. The monoisotopic (exact) mass is 718 g/mol. The number of aryl methyl sites for hydroxylation is 1. The van der Waals surface area contributed by atoms with Crippen LogP contribution in [-0.2, 0) is 49.3 Å². The number of esters is 4. The van der Waals surface area contributed by atoms with Gasteiger partial charge in [0.05, 0.1) is 29.6 Å². The fraction of sp³-hybridized carbons (Fsp3) is 0.525. The molecule has 2 unspecified atom stereocenters. The van der Waals surface area contributed by atoms with E-state index in [2.05, 4.69) is 0 Å². The van der Waals surface area contributed by atoms with Gasteiger partial charge in [-0.1, -0.05) is 55.5 Å². The standard InChI is InChI=1S/C40H46O12/c1-23-28(50-32(45)17-16-26-12-8-6-9-13-26)20-40(47,38(5)19-29(33(23)38)49-24(2)42)35(51-36(46)27-14-10-7-11-15-27)34-37(4,21-41)30(44)18-31-39(34,22-48-31)52-25(3)43/h6-15,21,28-31,34-35,44,47H,16-20,22H2,1-5H3/t28-,29-,30-,31?,34?,35-,37+,38+,39-,40+/m0/s1. The topological polar surface area (TPSA) is 172 Å². The second kappa shape index (κ2) is 13.9. The molecule has 1 heterocycles. The predicted octanol–water partition coefficient (Wildman–Crippen LogP) is 3.84. The van der Waals surface area contributed by atoms with E-state index < -0.39 is 82.3 Å². The summed E-state index contributed by atoms with van der Waals surface area (Å²) in [7, 11) is 0. The van der Waals surface area contributed by atoms with Crippen molar-refractivity contribution in [3.63, 3.8) is 0 Å². The molecular formula is C40H46O12. The molecule has 2 N–H and O–H groups in total. The van der Waals surface area contributed by atoms with E-state index in [-0.39, 0.29) is 37.9 Å². The van der Waals surface area contributed by atoms with E-state index in [0.717, 1.165) is 5.56 Å². The lowest BCUT2D eigenvalue weighted by Crippen LogP contribution is -2.80. The van der Waals surface area contributed by atoms with E-state index >= 15 is 0 Å². The summed E-state index contributed by atoms with van der Waals surface area (Å²) in [5.74, 6) is -3.99. The van der Waals surface area contributed by atoms with Crippen LogP contribution >= 0.6 is 0 Å². The van der Waals surface area contributed by atoms with Crippen LogP contribution in [0.4, 0.5) is 0 Å². The highest BCUT2D eigenvalue weighted by atomic mass is 16.6. The van der Waals surface area contributed by atoms with Crippen LogP contribution in [0, 0.1) is 16.7 Å². The van der Waals surface area contributed by atoms with E-state index in [1.54, 1.807) is 32.0 Å². The Morgan fingerprint density at radius 1 is 0.942 bits per heavy atom. The summed E-state index contributed by atoms with van der Waals surface area (Å²) in [6.07, 6.45) is -5.03. The number of aliphatic hydroxyl groups excluding tert-OH is 1. The number of fused-ring (bicyclic) bond motifs is 2. The molecule has 0 bridgehead atoms. The van der Waals surface area contributed by atoms with Crippen molar-refractivity contribution in [1.82, 2.24) is 0 Å². The Morgan fingerprint density at radius 3 is 2.17 bits per heavy atom. The lowest BCUT2D eigenvalue weighted by Gasteiger charge is -2.67. The molecule has 52 heavy (non-hydrogen) atoms. The summed E-state index contributed by atoms with van der Waals surface area (Å²) in [5, 5.41) is 25.0. The van der Waals surface area contributed by atoms with Crippen molar-refractivity contribution in [2.45, 2.75) is 108 Å². The van der Waals surface area contributed by atoms with E-state index in [0.29, 0.717) is 23.9 Å². The minimum absolute atomic E-state index is 0.0330. The molecule has 4 aliphatic rings. The molecule has 0 spiro atoms. The zero-order valence-electron chi connectivity index (χ0n) is 30.0. The van der Waals surface area contributed by atoms with Gasteiger partial charge in [-0.25, -0.2) is 4.79 Å². The molecule has 12 nitrogen and oxygen atoms in total. The number of benzene rings is 2. The van der Waals surface area contributed by atoms with Gasteiger partial charge >= 0.3 is 23.9 Å². The summed E-state index contributed by atoms with van der Waals surface area (Å²) >= 11 is 0. The van der Waals surface area contributed by atoms with Crippen molar-refractivity contribution in [2.75, 3.05) is 6.61 Å². The summed E-state index contributed by atoms with van der Waals surface area (Å²) in [4.78, 5) is 65.7. The molecule has 0 amide bonds. The first kappa shape index (κ1) is 37.4. The highest BCUT2D eigenvalue weighted by molar-refractivity contribution is 5.89. The third-order valence-electron chi connectivity index (χ3n) is 11.9. The van der Waals surface area contributed by atoms with Gasteiger partial charge in [0.25, 0.3) is 0 Å².